The quantitative estimate of drug-likeness (QED) is 0.157. The summed E-state index contributed by atoms with van der Waals surface area (Å²) in [5.74, 6) is -3.72. The molecule has 2 aliphatic heterocycles. The fourth-order valence-corrected chi connectivity index (χ4v) is 4.65. The molecule has 17 heteroatoms. The van der Waals surface area contributed by atoms with E-state index in [1.165, 1.54) is 23.2 Å². The predicted octanol–water partition coefficient (Wildman–Crippen LogP) is -3.02. The molecule has 0 aliphatic carbocycles. The molecule has 1 aromatic rings. The fourth-order valence-electron chi connectivity index (χ4n) is 2.76. The van der Waals surface area contributed by atoms with Gasteiger partial charge >= 0.3 is 11.9 Å². The second-order valence-electron chi connectivity index (χ2n) is 5.92. The molecule has 1 fully saturated rings. The van der Waals surface area contributed by atoms with Crippen molar-refractivity contribution in [3.05, 3.63) is 35.0 Å². The summed E-state index contributed by atoms with van der Waals surface area (Å²) in [4.78, 5) is 57.1. The average Bonchev–Trinajstić information content (AvgIpc) is 3.13. The summed E-state index contributed by atoms with van der Waals surface area (Å²) >= 11 is 2.30. The number of fused-ring (bicyclic) bond motifs is 1. The van der Waals surface area contributed by atoms with Crippen molar-refractivity contribution >= 4 is 57.7 Å². The van der Waals surface area contributed by atoms with Gasteiger partial charge in [0.25, 0.3) is 11.8 Å². The number of carbonyl (C=O) groups excluding carboxylic acids is 2. The molecule has 2 amide bonds. The maximum atomic E-state index is 12.7. The molecule has 2 aliphatic rings. The Morgan fingerprint density at radius 2 is 2.03 bits per heavy atom. The van der Waals surface area contributed by atoms with Crippen LogP contribution >= 0.6 is 23.1 Å². The number of thioether (sulfide) groups is 1. The third-order valence-electron chi connectivity index (χ3n) is 4.06. The first-order chi connectivity index (χ1) is 14.2. The Morgan fingerprint density at radius 3 is 2.55 bits per heavy atom. The van der Waals surface area contributed by atoms with E-state index in [1.807, 2.05) is 0 Å². The van der Waals surface area contributed by atoms with Gasteiger partial charge < -0.3 is 42.5 Å². The van der Waals surface area contributed by atoms with Crippen LogP contribution in [-0.2, 0) is 24.0 Å². The van der Waals surface area contributed by atoms with Crippen LogP contribution in [0, 0.1) is 0 Å². The highest BCUT2D eigenvalue weighted by atomic mass is 32.2. The highest BCUT2D eigenvalue weighted by Gasteiger charge is 2.54. The Bertz CT molecular complexity index is 1010. The van der Waals surface area contributed by atoms with E-state index in [2.05, 4.69) is 26.9 Å². The topological polar surface area (TPSA) is 279 Å². The number of thiazole rings is 1. The smallest absolute Gasteiger partial charge is 0.352 e. The van der Waals surface area contributed by atoms with Crippen LogP contribution in [-0.4, -0.2) is 89.8 Å². The van der Waals surface area contributed by atoms with Gasteiger partial charge in [-0.1, -0.05) is 17.8 Å². The summed E-state index contributed by atoms with van der Waals surface area (Å²) in [6.07, 6.45) is 1.38. The summed E-state index contributed by atoms with van der Waals surface area (Å²) in [7, 11) is 0. The first-order valence-electron chi connectivity index (χ1n) is 8.22. The van der Waals surface area contributed by atoms with Gasteiger partial charge in [0.2, 0.25) is 6.61 Å². The first-order valence-corrected chi connectivity index (χ1v) is 10.1. The van der Waals surface area contributed by atoms with Crippen molar-refractivity contribution in [2.45, 2.75) is 11.4 Å². The van der Waals surface area contributed by atoms with Crippen molar-refractivity contribution in [1.82, 2.24) is 15.2 Å². The Balaban J connectivity index is 0.00000341. The number of nitrogens with one attached hydrogen (secondary N) is 1. The largest absolute Gasteiger partial charge is 0.479 e. The number of aromatic nitrogens is 1. The van der Waals surface area contributed by atoms with E-state index >= 15 is 0 Å². The first kappa shape index (κ1) is 29.5. The van der Waals surface area contributed by atoms with Crippen molar-refractivity contribution in [2.24, 2.45) is 5.16 Å². The van der Waals surface area contributed by atoms with Gasteiger partial charge in [0.15, 0.2) is 10.8 Å². The molecule has 15 nitrogen and oxygen atoms in total. The summed E-state index contributed by atoms with van der Waals surface area (Å²) < 4.78 is 0. The van der Waals surface area contributed by atoms with Crippen molar-refractivity contribution in [2.75, 3.05) is 18.1 Å². The van der Waals surface area contributed by atoms with Crippen LogP contribution in [0.25, 0.3) is 0 Å². The number of carboxylic acid groups (broad SMARTS) is 2. The lowest BCUT2D eigenvalue weighted by Crippen LogP contribution is -2.71. The number of hydrogen-bond donors (Lipinski definition) is 4. The van der Waals surface area contributed by atoms with Gasteiger partial charge in [0.05, 0.1) is 0 Å². The molecule has 11 N–H and O–H groups in total. The number of amides is 2. The standard InChI is InChI=1S/C16H15N5O7S2.3H2O/c1-2-6-4-29-14-10(13(25)21(14)11(6)15(26)27)19-12(24)9(20-28-3-8(22)23)7-5-30-16(17)18-7;;;/h2,5,10,14H,1,3-4H2,(H2,17,18)(H,19,24)(H,22,23)(H,26,27);3*1H2/b20-9-;;;/t10?,14-;;;/m1.../s1. The predicted molar refractivity (Wildman–Crippen MR) is 117 cm³/mol. The van der Waals surface area contributed by atoms with E-state index < -0.39 is 41.8 Å². The zero-order valence-electron chi connectivity index (χ0n) is 16.6. The summed E-state index contributed by atoms with van der Waals surface area (Å²) in [6.45, 7) is 2.77. The van der Waals surface area contributed by atoms with Gasteiger partial charge in [-0.15, -0.1) is 23.1 Å². The highest BCUT2D eigenvalue weighted by Crippen LogP contribution is 2.40. The maximum Gasteiger partial charge on any atom is 0.352 e. The Morgan fingerprint density at radius 1 is 1.36 bits per heavy atom. The molecule has 0 bridgehead atoms. The van der Waals surface area contributed by atoms with Gasteiger partial charge in [-0.2, -0.15) is 0 Å². The third kappa shape index (κ3) is 5.84. The van der Waals surface area contributed by atoms with Crippen LogP contribution in [0.3, 0.4) is 0 Å². The number of anilines is 1. The van der Waals surface area contributed by atoms with Crippen LogP contribution < -0.4 is 11.1 Å². The van der Waals surface area contributed by atoms with E-state index in [0.717, 1.165) is 16.2 Å². The minimum absolute atomic E-state index is 0. The van der Waals surface area contributed by atoms with Crippen LogP contribution in [0.4, 0.5) is 5.13 Å². The molecule has 1 aromatic heterocycles. The molecule has 33 heavy (non-hydrogen) atoms. The molecular formula is C16H21N5O10S2. The molecule has 182 valence electrons. The zero-order valence-corrected chi connectivity index (χ0v) is 18.2. The molecule has 1 saturated heterocycles. The van der Waals surface area contributed by atoms with Gasteiger partial charge in [0.1, 0.15) is 22.8 Å². The van der Waals surface area contributed by atoms with Gasteiger partial charge in [-0.25, -0.2) is 14.6 Å². The lowest BCUT2D eigenvalue weighted by atomic mass is 10.0. The fraction of sp³-hybridized carbons (Fsp3) is 0.250. The number of nitrogen functional groups attached to an aromatic ring is 1. The minimum atomic E-state index is -1.30. The molecule has 0 aromatic carbocycles. The Labute approximate surface area is 193 Å². The Kier molecular flexibility index (Phi) is 10.7. The summed E-state index contributed by atoms with van der Waals surface area (Å²) in [5.41, 5.74) is 5.48. The second-order valence-corrected chi connectivity index (χ2v) is 7.92. The number of β-lactam (4-membered cyclic amide) rings is 1. The minimum Gasteiger partial charge on any atom is -0.479 e. The average molecular weight is 508 g/mol. The van der Waals surface area contributed by atoms with Gasteiger partial charge in [-0.05, 0) is 5.57 Å². The number of aliphatic carboxylic acids is 2. The number of carbonyl (C=O) groups is 4. The van der Waals surface area contributed by atoms with Crippen LogP contribution in [0.1, 0.15) is 5.69 Å². The van der Waals surface area contributed by atoms with E-state index in [0.29, 0.717) is 11.3 Å². The van der Waals surface area contributed by atoms with Gasteiger partial charge in [0, 0.05) is 11.1 Å². The summed E-state index contributed by atoms with van der Waals surface area (Å²) in [5, 5.41) is 25.0. The van der Waals surface area contributed by atoms with E-state index in [9.17, 15) is 24.3 Å². The monoisotopic (exact) mass is 507 g/mol. The van der Waals surface area contributed by atoms with Gasteiger partial charge in [-0.3, -0.25) is 14.5 Å². The number of nitrogens with zero attached hydrogens (tertiary/aromatic N) is 3. The SMILES string of the molecule is C=CC1=C(C(=O)O)N2C(=O)C(NC(=O)/C(=N\OCC(=O)O)c3csc(N)n3)[C@H]2SC1.O.O.O. The van der Waals surface area contributed by atoms with Crippen LogP contribution in [0.2, 0.25) is 0 Å². The van der Waals surface area contributed by atoms with E-state index in [4.69, 9.17) is 10.8 Å². The molecular weight excluding hydrogens is 486 g/mol. The van der Waals surface area contributed by atoms with Crippen LogP contribution in [0.5, 0.6) is 0 Å². The Hall–Kier alpha value is -3.51. The van der Waals surface area contributed by atoms with Crippen molar-refractivity contribution in [3.63, 3.8) is 0 Å². The lowest BCUT2D eigenvalue weighted by Gasteiger charge is -2.49. The van der Waals surface area contributed by atoms with E-state index in [1.54, 1.807) is 0 Å². The highest BCUT2D eigenvalue weighted by molar-refractivity contribution is 8.00. The number of oxime groups is 1. The van der Waals surface area contributed by atoms with Crippen molar-refractivity contribution in [3.8, 4) is 0 Å². The van der Waals surface area contributed by atoms with Crippen LogP contribution in [0.15, 0.2) is 34.5 Å². The number of carboxylic acids is 2. The normalized spacial score (nSPS) is 19.0. The molecule has 1 unspecified atom stereocenters. The molecule has 0 spiro atoms. The molecule has 3 heterocycles. The van der Waals surface area contributed by atoms with E-state index in [-0.39, 0.29) is 38.7 Å². The number of nitrogens with two attached hydrogens (primary N) is 1. The number of allylic oxidation sites excluding steroid dienone is 1. The number of rotatable bonds is 8. The molecule has 0 saturated carbocycles. The van der Waals surface area contributed by atoms with Crippen molar-refractivity contribution in [1.29, 1.82) is 0 Å². The second kappa shape index (κ2) is 11.9. The zero-order chi connectivity index (χ0) is 22.0. The molecule has 2 atom stereocenters. The van der Waals surface area contributed by atoms with Crippen molar-refractivity contribution < 1.29 is 50.7 Å². The maximum absolute atomic E-state index is 12.7. The summed E-state index contributed by atoms with van der Waals surface area (Å²) in [6, 6.07) is -1.01. The molecule has 0 radical (unpaired) electrons. The third-order valence-corrected chi connectivity index (χ3v) is 6.03. The molecule has 3 rings (SSSR count). The lowest BCUT2D eigenvalue weighted by molar-refractivity contribution is -0.150. The number of hydrogen-bond acceptors (Lipinski definition) is 10.